The monoisotopic (exact) mass is 281 g/mol. The maximum absolute atomic E-state index is 12.6. The molecule has 1 heterocycles. The van der Waals surface area contributed by atoms with E-state index in [0.717, 1.165) is 5.56 Å². The minimum absolute atomic E-state index is 0.111. The molecule has 0 saturated heterocycles. The van der Waals surface area contributed by atoms with E-state index in [1.165, 1.54) is 6.07 Å². The molecule has 0 fully saturated rings. The molecule has 0 bridgehead atoms. The zero-order valence-corrected chi connectivity index (χ0v) is 11.8. The third-order valence-corrected chi connectivity index (χ3v) is 3.75. The molecule has 2 aromatic carbocycles. The average Bonchev–Trinajstić information content (AvgIpc) is 2.46. The number of carboxylic acids is 1. The zero-order valence-electron chi connectivity index (χ0n) is 11.8. The van der Waals surface area contributed by atoms with Crippen LogP contribution in [0, 0.1) is 0 Å². The Bertz CT molecular complexity index is 922. The summed E-state index contributed by atoms with van der Waals surface area (Å²) in [7, 11) is 0. The molecule has 0 radical (unpaired) electrons. The smallest absolute Gasteiger partial charge is 0.337 e. The van der Waals surface area contributed by atoms with Crippen molar-refractivity contribution in [3.05, 3.63) is 57.7 Å². The highest BCUT2D eigenvalue weighted by Gasteiger charge is 2.13. The number of para-hydroxylation sites is 1. The number of H-pyrrole nitrogens is 1. The molecule has 0 saturated carbocycles. The van der Waals surface area contributed by atoms with Crippen molar-refractivity contribution in [1.82, 2.24) is 4.98 Å². The molecule has 3 aromatic rings. The molecule has 0 amide bonds. The third-order valence-electron chi connectivity index (χ3n) is 3.75. The number of nitrogens with one attached hydrogen (secondary N) is 1. The van der Waals surface area contributed by atoms with Crippen molar-refractivity contribution in [2.24, 2.45) is 0 Å². The lowest BCUT2D eigenvalue weighted by Gasteiger charge is -2.09. The van der Waals surface area contributed by atoms with Gasteiger partial charge in [-0.05, 0) is 35.7 Å². The number of hydrogen-bond donors (Lipinski definition) is 2. The number of carboxylic acid groups (broad SMARTS) is 1. The lowest BCUT2D eigenvalue weighted by molar-refractivity contribution is 0.0699. The SMILES string of the molecule is CC(C)c1ccc2[nH]c3c(C(=O)O)cccc3c(=O)c2c1. The van der Waals surface area contributed by atoms with E-state index < -0.39 is 5.97 Å². The molecule has 0 unspecified atom stereocenters. The fourth-order valence-electron chi connectivity index (χ4n) is 2.55. The van der Waals surface area contributed by atoms with Crippen LogP contribution in [-0.2, 0) is 0 Å². The number of aromatic amines is 1. The van der Waals surface area contributed by atoms with Crippen LogP contribution in [0.5, 0.6) is 0 Å². The first-order valence-electron chi connectivity index (χ1n) is 6.81. The van der Waals surface area contributed by atoms with Gasteiger partial charge in [0.25, 0.3) is 0 Å². The van der Waals surface area contributed by atoms with Gasteiger partial charge in [-0.3, -0.25) is 4.79 Å². The topological polar surface area (TPSA) is 70.2 Å². The van der Waals surface area contributed by atoms with E-state index in [0.29, 0.717) is 27.7 Å². The van der Waals surface area contributed by atoms with Crippen molar-refractivity contribution in [2.45, 2.75) is 19.8 Å². The summed E-state index contributed by atoms with van der Waals surface area (Å²) in [4.78, 5) is 27.0. The Kier molecular flexibility index (Phi) is 3.01. The number of rotatable bonds is 2. The number of aromatic carboxylic acids is 1. The van der Waals surface area contributed by atoms with Crippen molar-refractivity contribution >= 4 is 27.8 Å². The largest absolute Gasteiger partial charge is 0.478 e. The lowest BCUT2D eigenvalue weighted by Crippen LogP contribution is -2.08. The van der Waals surface area contributed by atoms with E-state index in [-0.39, 0.29) is 11.0 Å². The van der Waals surface area contributed by atoms with Gasteiger partial charge in [0.05, 0.1) is 11.1 Å². The van der Waals surface area contributed by atoms with Crippen molar-refractivity contribution < 1.29 is 9.90 Å². The Morgan fingerprint density at radius 3 is 2.57 bits per heavy atom. The van der Waals surface area contributed by atoms with Gasteiger partial charge in [-0.15, -0.1) is 0 Å². The highest BCUT2D eigenvalue weighted by molar-refractivity contribution is 6.04. The fourth-order valence-corrected chi connectivity index (χ4v) is 2.55. The Hall–Kier alpha value is -2.62. The van der Waals surface area contributed by atoms with Gasteiger partial charge in [0.15, 0.2) is 5.43 Å². The van der Waals surface area contributed by atoms with Crippen molar-refractivity contribution in [3.8, 4) is 0 Å². The molecule has 0 aliphatic carbocycles. The summed E-state index contributed by atoms with van der Waals surface area (Å²) in [5.74, 6) is -0.718. The first-order chi connectivity index (χ1) is 9.99. The van der Waals surface area contributed by atoms with Gasteiger partial charge in [-0.2, -0.15) is 0 Å². The van der Waals surface area contributed by atoms with Crippen molar-refractivity contribution in [1.29, 1.82) is 0 Å². The summed E-state index contributed by atoms with van der Waals surface area (Å²) in [6, 6.07) is 10.4. The third kappa shape index (κ3) is 2.09. The van der Waals surface area contributed by atoms with Crippen LogP contribution in [0.2, 0.25) is 0 Å². The predicted molar refractivity (Wildman–Crippen MR) is 83.1 cm³/mol. The molecular formula is C17H15NO3. The Balaban J connectivity index is 2.46. The zero-order chi connectivity index (χ0) is 15.1. The van der Waals surface area contributed by atoms with Gasteiger partial charge in [0.2, 0.25) is 0 Å². The Morgan fingerprint density at radius 1 is 1.14 bits per heavy atom. The number of fused-ring (bicyclic) bond motifs is 2. The molecule has 3 rings (SSSR count). The molecule has 0 spiro atoms. The number of pyridine rings is 1. The van der Waals surface area contributed by atoms with Gasteiger partial charge >= 0.3 is 5.97 Å². The van der Waals surface area contributed by atoms with Crippen LogP contribution in [-0.4, -0.2) is 16.1 Å². The number of carbonyl (C=O) groups is 1. The summed E-state index contributed by atoms with van der Waals surface area (Å²) >= 11 is 0. The van der Waals surface area contributed by atoms with Crippen LogP contribution in [0.3, 0.4) is 0 Å². The molecule has 4 heteroatoms. The maximum atomic E-state index is 12.6. The minimum Gasteiger partial charge on any atom is -0.478 e. The summed E-state index contributed by atoms with van der Waals surface area (Å²) in [6.07, 6.45) is 0. The lowest BCUT2D eigenvalue weighted by atomic mass is 9.99. The summed E-state index contributed by atoms with van der Waals surface area (Å²) in [5, 5.41) is 10.2. The minimum atomic E-state index is -1.05. The molecule has 1 aromatic heterocycles. The number of aromatic nitrogens is 1. The molecule has 0 aliphatic rings. The summed E-state index contributed by atoms with van der Waals surface area (Å²) in [5.41, 5.74) is 2.09. The van der Waals surface area contributed by atoms with Crippen LogP contribution in [0.25, 0.3) is 21.8 Å². The molecule has 0 atom stereocenters. The van der Waals surface area contributed by atoms with Crippen LogP contribution < -0.4 is 5.43 Å². The molecule has 0 aliphatic heterocycles. The first kappa shape index (κ1) is 13.4. The standard InChI is InChI=1S/C17H15NO3/c1-9(2)10-6-7-14-13(8-10)16(19)11-4-3-5-12(17(20)21)15(11)18-14/h3-9H,1-2H3,(H,18,19)(H,20,21). The van der Waals surface area contributed by atoms with Gasteiger partial charge in [0.1, 0.15) is 0 Å². The number of hydrogen-bond acceptors (Lipinski definition) is 2. The second-order valence-corrected chi connectivity index (χ2v) is 5.45. The van der Waals surface area contributed by atoms with E-state index >= 15 is 0 Å². The molecule has 106 valence electrons. The molecule has 4 nitrogen and oxygen atoms in total. The maximum Gasteiger partial charge on any atom is 0.337 e. The first-order valence-corrected chi connectivity index (χ1v) is 6.81. The van der Waals surface area contributed by atoms with Crippen LogP contribution in [0.1, 0.15) is 35.7 Å². The predicted octanol–water partition coefficient (Wildman–Crippen LogP) is 3.50. The number of benzene rings is 2. The molecule has 2 N–H and O–H groups in total. The highest BCUT2D eigenvalue weighted by atomic mass is 16.4. The van der Waals surface area contributed by atoms with Crippen LogP contribution in [0.15, 0.2) is 41.2 Å². The Labute approximate surface area is 121 Å². The summed E-state index contributed by atoms with van der Waals surface area (Å²) in [6.45, 7) is 4.14. The summed E-state index contributed by atoms with van der Waals surface area (Å²) < 4.78 is 0. The van der Waals surface area contributed by atoms with Crippen molar-refractivity contribution in [2.75, 3.05) is 0 Å². The second-order valence-electron chi connectivity index (χ2n) is 5.45. The van der Waals surface area contributed by atoms with Crippen LogP contribution >= 0.6 is 0 Å². The Morgan fingerprint density at radius 2 is 1.90 bits per heavy atom. The fraction of sp³-hybridized carbons (Fsp3) is 0.176. The van der Waals surface area contributed by atoms with Gasteiger partial charge in [-0.25, -0.2) is 4.79 Å². The van der Waals surface area contributed by atoms with Gasteiger partial charge in [-0.1, -0.05) is 26.0 Å². The van der Waals surface area contributed by atoms with Gasteiger partial charge < -0.3 is 10.1 Å². The van der Waals surface area contributed by atoms with Crippen molar-refractivity contribution in [3.63, 3.8) is 0 Å². The molecule has 21 heavy (non-hydrogen) atoms. The average molecular weight is 281 g/mol. The van der Waals surface area contributed by atoms with E-state index in [9.17, 15) is 14.7 Å². The quantitative estimate of drug-likeness (QED) is 0.706. The van der Waals surface area contributed by atoms with Gasteiger partial charge in [0, 0.05) is 16.3 Å². The van der Waals surface area contributed by atoms with E-state index in [1.807, 2.05) is 18.2 Å². The second kappa shape index (κ2) is 4.74. The van der Waals surface area contributed by atoms with E-state index in [4.69, 9.17) is 0 Å². The van der Waals surface area contributed by atoms with E-state index in [2.05, 4.69) is 18.8 Å². The highest BCUT2D eigenvalue weighted by Crippen LogP contribution is 2.22. The normalized spacial score (nSPS) is 11.4. The van der Waals surface area contributed by atoms with E-state index in [1.54, 1.807) is 12.1 Å². The molecular weight excluding hydrogens is 266 g/mol. The van der Waals surface area contributed by atoms with Crippen LogP contribution in [0.4, 0.5) is 0 Å².